The molecule has 0 spiro atoms. The van der Waals surface area contributed by atoms with Gasteiger partial charge in [-0.15, -0.1) is 0 Å². The SMILES string of the molecule is CCN(CC)C1CCCCC1.O=C(O)O. The summed E-state index contributed by atoms with van der Waals surface area (Å²) in [7, 11) is 0. The largest absolute Gasteiger partial charge is 0.503 e. The van der Waals surface area contributed by atoms with E-state index < -0.39 is 6.16 Å². The lowest BCUT2D eigenvalue weighted by atomic mass is 9.94. The van der Waals surface area contributed by atoms with Gasteiger partial charge in [0.1, 0.15) is 0 Å². The second kappa shape index (κ2) is 8.53. The molecule has 0 amide bonds. The minimum atomic E-state index is -1.83. The van der Waals surface area contributed by atoms with Crippen molar-refractivity contribution in [2.75, 3.05) is 13.1 Å². The average Bonchev–Trinajstić information content (AvgIpc) is 2.20. The topological polar surface area (TPSA) is 60.8 Å². The Morgan fingerprint density at radius 3 is 1.87 bits per heavy atom. The van der Waals surface area contributed by atoms with Gasteiger partial charge in [-0.1, -0.05) is 33.1 Å². The van der Waals surface area contributed by atoms with Gasteiger partial charge in [0.2, 0.25) is 0 Å². The van der Waals surface area contributed by atoms with Crippen molar-refractivity contribution < 1.29 is 15.0 Å². The zero-order chi connectivity index (χ0) is 11.7. The lowest BCUT2D eigenvalue weighted by Crippen LogP contribution is -2.36. The maximum absolute atomic E-state index is 8.56. The summed E-state index contributed by atoms with van der Waals surface area (Å²) in [5.41, 5.74) is 0. The van der Waals surface area contributed by atoms with Gasteiger partial charge in [0.25, 0.3) is 0 Å². The molecule has 90 valence electrons. The van der Waals surface area contributed by atoms with Gasteiger partial charge in [-0.3, -0.25) is 0 Å². The molecular formula is C11H23NO3. The van der Waals surface area contributed by atoms with E-state index in [4.69, 9.17) is 15.0 Å². The summed E-state index contributed by atoms with van der Waals surface area (Å²) >= 11 is 0. The molecule has 1 rings (SSSR count). The van der Waals surface area contributed by atoms with Crippen LogP contribution in [-0.2, 0) is 0 Å². The second-order valence-corrected chi connectivity index (χ2v) is 3.80. The molecule has 0 heterocycles. The van der Waals surface area contributed by atoms with Gasteiger partial charge < -0.3 is 15.1 Å². The molecule has 0 aliphatic heterocycles. The summed E-state index contributed by atoms with van der Waals surface area (Å²) in [4.78, 5) is 11.2. The molecule has 4 heteroatoms. The molecule has 15 heavy (non-hydrogen) atoms. The smallest absolute Gasteiger partial charge is 0.450 e. The summed E-state index contributed by atoms with van der Waals surface area (Å²) in [6, 6.07) is 0.916. The maximum atomic E-state index is 8.56. The van der Waals surface area contributed by atoms with Gasteiger partial charge >= 0.3 is 6.16 Å². The van der Waals surface area contributed by atoms with Crippen molar-refractivity contribution in [1.29, 1.82) is 0 Å². The molecule has 1 saturated carbocycles. The highest BCUT2D eigenvalue weighted by Gasteiger charge is 2.17. The van der Waals surface area contributed by atoms with Crippen LogP contribution < -0.4 is 0 Å². The van der Waals surface area contributed by atoms with E-state index in [0.29, 0.717) is 0 Å². The van der Waals surface area contributed by atoms with E-state index in [1.54, 1.807) is 0 Å². The Morgan fingerprint density at radius 1 is 1.13 bits per heavy atom. The molecule has 0 bridgehead atoms. The van der Waals surface area contributed by atoms with Crippen molar-refractivity contribution in [3.05, 3.63) is 0 Å². The van der Waals surface area contributed by atoms with Crippen LogP contribution in [0.15, 0.2) is 0 Å². The van der Waals surface area contributed by atoms with Crippen molar-refractivity contribution >= 4 is 6.16 Å². The molecule has 0 atom stereocenters. The third-order valence-corrected chi connectivity index (χ3v) is 2.90. The molecular weight excluding hydrogens is 194 g/mol. The molecule has 1 aliphatic rings. The first-order valence-electron chi connectivity index (χ1n) is 5.77. The first-order valence-corrected chi connectivity index (χ1v) is 5.77. The summed E-state index contributed by atoms with van der Waals surface area (Å²) in [6.07, 6.45) is 5.45. The van der Waals surface area contributed by atoms with E-state index in [2.05, 4.69) is 18.7 Å². The monoisotopic (exact) mass is 217 g/mol. The van der Waals surface area contributed by atoms with Crippen LogP contribution in [0.2, 0.25) is 0 Å². The standard InChI is InChI=1S/C10H21N.CH2O3/c1-3-11(4-2)10-8-6-5-7-9-10;2-1(3)4/h10H,3-9H2,1-2H3;(H2,2,3,4). The Kier molecular flexibility index (Phi) is 8.09. The third kappa shape index (κ3) is 7.19. The zero-order valence-corrected chi connectivity index (χ0v) is 9.78. The first kappa shape index (κ1) is 14.2. The van der Waals surface area contributed by atoms with Crippen LogP contribution in [0.3, 0.4) is 0 Å². The summed E-state index contributed by atoms with van der Waals surface area (Å²) in [6.45, 7) is 7.03. The van der Waals surface area contributed by atoms with Crippen LogP contribution in [0.5, 0.6) is 0 Å². The normalized spacial score (nSPS) is 17.0. The number of nitrogens with zero attached hydrogens (tertiary/aromatic N) is 1. The highest BCUT2D eigenvalue weighted by atomic mass is 16.6. The minimum Gasteiger partial charge on any atom is -0.450 e. The lowest BCUT2D eigenvalue weighted by molar-refractivity contribution is 0.137. The predicted octanol–water partition coefficient (Wildman–Crippen LogP) is 2.88. The van der Waals surface area contributed by atoms with Crippen LogP contribution in [0.1, 0.15) is 46.0 Å². The van der Waals surface area contributed by atoms with E-state index in [1.807, 2.05) is 0 Å². The maximum Gasteiger partial charge on any atom is 0.503 e. The predicted molar refractivity (Wildman–Crippen MR) is 60.4 cm³/mol. The minimum absolute atomic E-state index is 0.916. The van der Waals surface area contributed by atoms with Crippen LogP contribution in [0.25, 0.3) is 0 Å². The van der Waals surface area contributed by atoms with E-state index in [-0.39, 0.29) is 0 Å². The number of carboxylic acid groups (broad SMARTS) is 2. The summed E-state index contributed by atoms with van der Waals surface area (Å²) in [5, 5.41) is 13.9. The fourth-order valence-electron chi connectivity index (χ4n) is 2.19. The van der Waals surface area contributed by atoms with Crippen LogP contribution in [0, 0.1) is 0 Å². The highest BCUT2D eigenvalue weighted by Crippen LogP contribution is 2.21. The fourth-order valence-corrected chi connectivity index (χ4v) is 2.19. The Bertz CT molecular complexity index is 159. The Morgan fingerprint density at radius 2 is 1.53 bits per heavy atom. The lowest BCUT2D eigenvalue weighted by Gasteiger charge is -2.32. The van der Waals surface area contributed by atoms with Gasteiger partial charge in [-0.2, -0.15) is 0 Å². The Labute approximate surface area is 91.9 Å². The molecule has 2 N–H and O–H groups in total. The molecule has 0 aromatic heterocycles. The molecule has 0 saturated heterocycles. The second-order valence-electron chi connectivity index (χ2n) is 3.80. The number of hydrogen-bond donors (Lipinski definition) is 2. The number of hydrogen-bond acceptors (Lipinski definition) is 2. The third-order valence-electron chi connectivity index (χ3n) is 2.90. The van der Waals surface area contributed by atoms with Gasteiger partial charge in [-0.05, 0) is 25.9 Å². The average molecular weight is 217 g/mol. The Hall–Kier alpha value is -0.770. The van der Waals surface area contributed by atoms with E-state index in [0.717, 1.165) is 6.04 Å². The van der Waals surface area contributed by atoms with Crippen molar-refractivity contribution in [1.82, 2.24) is 4.90 Å². The molecule has 0 aromatic carbocycles. The number of rotatable bonds is 3. The Balaban J connectivity index is 0.000000423. The van der Waals surface area contributed by atoms with Crippen molar-refractivity contribution in [3.63, 3.8) is 0 Å². The van der Waals surface area contributed by atoms with Crippen molar-refractivity contribution in [2.24, 2.45) is 0 Å². The molecule has 1 aliphatic carbocycles. The van der Waals surface area contributed by atoms with Crippen LogP contribution in [-0.4, -0.2) is 40.4 Å². The van der Waals surface area contributed by atoms with Crippen LogP contribution in [0.4, 0.5) is 4.79 Å². The molecule has 0 unspecified atom stereocenters. The molecule has 1 fully saturated rings. The fraction of sp³-hybridized carbons (Fsp3) is 0.909. The van der Waals surface area contributed by atoms with E-state index in [9.17, 15) is 0 Å². The summed E-state index contributed by atoms with van der Waals surface area (Å²) < 4.78 is 0. The first-order chi connectivity index (χ1) is 7.11. The van der Waals surface area contributed by atoms with Gasteiger partial charge in [-0.25, -0.2) is 4.79 Å². The van der Waals surface area contributed by atoms with E-state index >= 15 is 0 Å². The van der Waals surface area contributed by atoms with Crippen molar-refractivity contribution in [3.8, 4) is 0 Å². The van der Waals surface area contributed by atoms with E-state index in [1.165, 1.54) is 45.2 Å². The molecule has 4 nitrogen and oxygen atoms in total. The van der Waals surface area contributed by atoms with Gasteiger partial charge in [0.05, 0.1) is 0 Å². The quantitative estimate of drug-likeness (QED) is 0.763. The van der Waals surface area contributed by atoms with Crippen molar-refractivity contribution in [2.45, 2.75) is 52.0 Å². The highest BCUT2D eigenvalue weighted by molar-refractivity contribution is 5.53. The number of carbonyl (C=O) groups is 1. The molecule has 0 aromatic rings. The molecule has 0 radical (unpaired) electrons. The zero-order valence-electron chi connectivity index (χ0n) is 9.78. The van der Waals surface area contributed by atoms with Crippen LogP contribution >= 0.6 is 0 Å². The van der Waals surface area contributed by atoms with Gasteiger partial charge in [0.15, 0.2) is 0 Å². The van der Waals surface area contributed by atoms with Gasteiger partial charge in [0, 0.05) is 6.04 Å². The summed E-state index contributed by atoms with van der Waals surface area (Å²) in [5.74, 6) is 0.